The van der Waals surface area contributed by atoms with Gasteiger partial charge in [-0.15, -0.1) is 0 Å². The van der Waals surface area contributed by atoms with E-state index in [-0.39, 0.29) is 6.04 Å². The van der Waals surface area contributed by atoms with Gasteiger partial charge >= 0.3 is 0 Å². The van der Waals surface area contributed by atoms with E-state index in [9.17, 15) is 0 Å². The van der Waals surface area contributed by atoms with Crippen molar-refractivity contribution in [3.8, 4) is 5.75 Å². The summed E-state index contributed by atoms with van der Waals surface area (Å²) in [7, 11) is 1.69. The van der Waals surface area contributed by atoms with E-state index < -0.39 is 0 Å². The Bertz CT molecular complexity index is 502. The van der Waals surface area contributed by atoms with Crippen molar-refractivity contribution in [3.05, 3.63) is 59.9 Å². The molecule has 0 amide bonds. The van der Waals surface area contributed by atoms with Gasteiger partial charge in [-0.3, -0.25) is 16.3 Å². The number of nitrogens with zero attached hydrogens (tertiary/aromatic N) is 1. The molecule has 0 saturated carbocycles. The first-order chi connectivity index (χ1) is 9.33. The van der Waals surface area contributed by atoms with Gasteiger partial charge in [-0.1, -0.05) is 24.3 Å². The molecule has 19 heavy (non-hydrogen) atoms. The zero-order valence-corrected chi connectivity index (χ0v) is 11.0. The second kappa shape index (κ2) is 6.87. The Kier molecular flexibility index (Phi) is 4.89. The fourth-order valence-corrected chi connectivity index (χ4v) is 2.13. The van der Waals surface area contributed by atoms with Crippen molar-refractivity contribution in [2.75, 3.05) is 7.11 Å². The van der Waals surface area contributed by atoms with Gasteiger partial charge in [-0.05, 0) is 36.1 Å². The van der Waals surface area contributed by atoms with Crippen LogP contribution >= 0.6 is 0 Å². The van der Waals surface area contributed by atoms with Gasteiger partial charge in [-0.25, -0.2) is 0 Å². The maximum absolute atomic E-state index is 5.65. The molecule has 0 aliphatic rings. The molecule has 4 nitrogen and oxygen atoms in total. The standard InChI is InChI=1S/C15H19N3O/c1-19-15-7-3-2-6-13(15)10-14(18-16)9-12-5-4-8-17-11-12/h2-8,11,14,18H,9-10,16H2,1H3. The number of nitrogens with one attached hydrogen (secondary N) is 1. The van der Waals surface area contributed by atoms with E-state index in [1.165, 1.54) is 5.56 Å². The Morgan fingerprint density at radius 1 is 1.21 bits per heavy atom. The quantitative estimate of drug-likeness (QED) is 0.611. The molecule has 0 spiro atoms. The number of para-hydroxylation sites is 1. The maximum atomic E-state index is 5.65. The number of hydrogen-bond donors (Lipinski definition) is 2. The Morgan fingerprint density at radius 2 is 2.05 bits per heavy atom. The average molecular weight is 257 g/mol. The molecule has 1 atom stereocenters. The number of pyridine rings is 1. The van der Waals surface area contributed by atoms with Gasteiger partial charge < -0.3 is 4.74 Å². The first-order valence-corrected chi connectivity index (χ1v) is 6.30. The van der Waals surface area contributed by atoms with E-state index in [0.29, 0.717) is 0 Å². The highest BCUT2D eigenvalue weighted by atomic mass is 16.5. The first kappa shape index (κ1) is 13.5. The van der Waals surface area contributed by atoms with Crippen molar-refractivity contribution in [1.29, 1.82) is 0 Å². The molecule has 1 aromatic carbocycles. The second-order valence-corrected chi connectivity index (χ2v) is 4.44. The molecule has 100 valence electrons. The van der Waals surface area contributed by atoms with Gasteiger partial charge in [0.25, 0.3) is 0 Å². The lowest BCUT2D eigenvalue weighted by Gasteiger charge is -2.17. The first-order valence-electron chi connectivity index (χ1n) is 6.30. The van der Waals surface area contributed by atoms with Crippen LogP contribution in [0.4, 0.5) is 0 Å². The molecule has 0 fully saturated rings. The summed E-state index contributed by atoms with van der Waals surface area (Å²) in [5.41, 5.74) is 5.18. The smallest absolute Gasteiger partial charge is 0.122 e. The molecule has 0 aliphatic heterocycles. The summed E-state index contributed by atoms with van der Waals surface area (Å²) in [5, 5.41) is 0. The average Bonchev–Trinajstić information content (AvgIpc) is 2.48. The molecule has 1 unspecified atom stereocenters. The van der Waals surface area contributed by atoms with Gasteiger partial charge in [0, 0.05) is 18.4 Å². The number of nitrogens with two attached hydrogens (primary N) is 1. The Labute approximate surface area is 113 Å². The zero-order chi connectivity index (χ0) is 13.5. The van der Waals surface area contributed by atoms with Crippen LogP contribution in [0.3, 0.4) is 0 Å². The van der Waals surface area contributed by atoms with Crippen LogP contribution < -0.4 is 16.0 Å². The van der Waals surface area contributed by atoms with Gasteiger partial charge in [0.1, 0.15) is 5.75 Å². The Hall–Kier alpha value is -1.91. The predicted molar refractivity (Wildman–Crippen MR) is 75.8 cm³/mol. The number of hydrazine groups is 1. The van der Waals surface area contributed by atoms with Crippen LogP contribution in [0.2, 0.25) is 0 Å². The molecule has 4 heteroatoms. The van der Waals surface area contributed by atoms with Gasteiger partial charge in [0.15, 0.2) is 0 Å². The van der Waals surface area contributed by atoms with Crippen LogP contribution in [0.25, 0.3) is 0 Å². The molecule has 0 aliphatic carbocycles. The Balaban J connectivity index is 2.07. The third kappa shape index (κ3) is 3.77. The minimum Gasteiger partial charge on any atom is -0.496 e. The Morgan fingerprint density at radius 3 is 2.74 bits per heavy atom. The van der Waals surface area contributed by atoms with E-state index in [1.54, 1.807) is 13.3 Å². The highest BCUT2D eigenvalue weighted by molar-refractivity contribution is 5.34. The molecule has 3 N–H and O–H groups in total. The van der Waals surface area contributed by atoms with E-state index in [1.807, 2.05) is 30.5 Å². The fraction of sp³-hybridized carbons (Fsp3) is 0.267. The van der Waals surface area contributed by atoms with Crippen molar-refractivity contribution >= 4 is 0 Å². The summed E-state index contributed by atoms with van der Waals surface area (Å²) >= 11 is 0. The van der Waals surface area contributed by atoms with Crippen LogP contribution in [0, 0.1) is 0 Å². The van der Waals surface area contributed by atoms with Crippen LogP contribution in [-0.2, 0) is 12.8 Å². The monoisotopic (exact) mass is 257 g/mol. The van der Waals surface area contributed by atoms with Gasteiger partial charge in [0.05, 0.1) is 7.11 Å². The number of aromatic nitrogens is 1. The highest BCUT2D eigenvalue weighted by Crippen LogP contribution is 2.19. The highest BCUT2D eigenvalue weighted by Gasteiger charge is 2.11. The van der Waals surface area contributed by atoms with E-state index in [0.717, 1.165) is 24.2 Å². The number of benzene rings is 1. The predicted octanol–water partition coefficient (Wildman–Crippen LogP) is 1.71. The van der Waals surface area contributed by atoms with Gasteiger partial charge in [0.2, 0.25) is 0 Å². The van der Waals surface area contributed by atoms with E-state index in [4.69, 9.17) is 10.6 Å². The molecule has 0 bridgehead atoms. The lowest BCUT2D eigenvalue weighted by atomic mass is 10.00. The summed E-state index contributed by atoms with van der Waals surface area (Å²) in [6.07, 6.45) is 5.29. The minimum atomic E-state index is 0.153. The molecule has 2 aromatic rings. The molecular weight excluding hydrogens is 238 g/mol. The van der Waals surface area contributed by atoms with Crippen LogP contribution in [0.5, 0.6) is 5.75 Å². The normalized spacial score (nSPS) is 12.1. The van der Waals surface area contributed by atoms with Crippen molar-refractivity contribution in [1.82, 2.24) is 10.4 Å². The summed E-state index contributed by atoms with van der Waals surface area (Å²) < 4.78 is 5.36. The largest absolute Gasteiger partial charge is 0.496 e. The minimum absolute atomic E-state index is 0.153. The van der Waals surface area contributed by atoms with Crippen molar-refractivity contribution in [2.24, 2.45) is 5.84 Å². The second-order valence-electron chi connectivity index (χ2n) is 4.44. The molecule has 2 rings (SSSR count). The number of methoxy groups -OCH3 is 1. The molecule has 0 saturated heterocycles. The molecular formula is C15H19N3O. The molecule has 1 heterocycles. The summed E-state index contributed by atoms with van der Waals surface area (Å²) in [6, 6.07) is 12.1. The number of ether oxygens (including phenoxy) is 1. The van der Waals surface area contributed by atoms with Crippen LogP contribution in [-0.4, -0.2) is 18.1 Å². The third-order valence-electron chi connectivity index (χ3n) is 3.10. The fourth-order valence-electron chi connectivity index (χ4n) is 2.13. The molecule has 1 aromatic heterocycles. The van der Waals surface area contributed by atoms with Crippen LogP contribution in [0.15, 0.2) is 48.8 Å². The van der Waals surface area contributed by atoms with Crippen molar-refractivity contribution in [3.63, 3.8) is 0 Å². The third-order valence-corrected chi connectivity index (χ3v) is 3.10. The summed E-state index contributed by atoms with van der Waals surface area (Å²) in [5.74, 6) is 6.55. The SMILES string of the molecule is COc1ccccc1CC(Cc1cccnc1)NN. The lowest BCUT2D eigenvalue weighted by molar-refractivity contribution is 0.404. The summed E-state index contributed by atoms with van der Waals surface area (Å²) in [6.45, 7) is 0. The maximum Gasteiger partial charge on any atom is 0.122 e. The number of hydrogen-bond acceptors (Lipinski definition) is 4. The van der Waals surface area contributed by atoms with Gasteiger partial charge in [-0.2, -0.15) is 0 Å². The zero-order valence-electron chi connectivity index (χ0n) is 11.0. The number of rotatable bonds is 6. The van der Waals surface area contributed by atoms with Crippen LogP contribution in [0.1, 0.15) is 11.1 Å². The van der Waals surface area contributed by atoms with Crippen molar-refractivity contribution in [2.45, 2.75) is 18.9 Å². The molecule has 0 radical (unpaired) electrons. The van der Waals surface area contributed by atoms with E-state index >= 15 is 0 Å². The lowest BCUT2D eigenvalue weighted by Crippen LogP contribution is -2.38. The van der Waals surface area contributed by atoms with E-state index in [2.05, 4.69) is 22.5 Å². The summed E-state index contributed by atoms with van der Waals surface area (Å²) in [4.78, 5) is 4.12. The van der Waals surface area contributed by atoms with Crippen molar-refractivity contribution < 1.29 is 4.74 Å². The topological polar surface area (TPSA) is 60.2 Å².